The van der Waals surface area contributed by atoms with E-state index in [-0.39, 0.29) is 32.7 Å². The van der Waals surface area contributed by atoms with Gasteiger partial charge < -0.3 is 18.9 Å². The van der Waals surface area contributed by atoms with Crippen LogP contribution in [0.4, 0.5) is 0 Å². The molecule has 0 heterocycles. The molecule has 8 heteroatoms. The average molecular weight is 485 g/mol. The van der Waals surface area contributed by atoms with Crippen LogP contribution in [-0.2, 0) is 44.7 Å². The molecule has 35 heavy (non-hydrogen) atoms. The number of esters is 4. The number of ether oxygens (including phenoxy) is 4. The topological polar surface area (TPSA) is 105 Å². The molecule has 0 N–H and O–H groups in total. The summed E-state index contributed by atoms with van der Waals surface area (Å²) >= 11 is 0. The third-order valence-electron chi connectivity index (χ3n) is 7.01. The Balaban J connectivity index is 1.97. The second kappa shape index (κ2) is 10.9. The van der Waals surface area contributed by atoms with Crippen LogP contribution in [0.5, 0.6) is 0 Å². The van der Waals surface area contributed by atoms with E-state index in [1.165, 1.54) is 7.11 Å². The number of hydrogen-bond acceptors (Lipinski definition) is 8. The number of carbonyl (C=O) groups excluding carboxylic acids is 4. The number of carbonyl (C=O) groups is 4. The van der Waals surface area contributed by atoms with Crippen molar-refractivity contribution < 1.29 is 38.1 Å². The van der Waals surface area contributed by atoms with Gasteiger partial charge >= 0.3 is 23.9 Å². The first-order valence-corrected chi connectivity index (χ1v) is 11.7. The molecule has 1 aromatic carbocycles. The van der Waals surface area contributed by atoms with Gasteiger partial charge in [-0.25, -0.2) is 0 Å². The Hall–Kier alpha value is -3.42. The van der Waals surface area contributed by atoms with E-state index < -0.39 is 53.0 Å². The van der Waals surface area contributed by atoms with E-state index in [4.69, 9.17) is 18.9 Å². The van der Waals surface area contributed by atoms with Crippen molar-refractivity contribution in [3.8, 4) is 0 Å². The highest BCUT2D eigenvalue weighted by Crippen LogP contribution is 2.59. The van der Waals surface area contributed by atoms with Crippen molar-refractivity contribution in [3.63, 3.8) is 0 Å². The molecule has 0 amide bonds. The Morgan fingerprint density at radius 1 is 0.886 bits per heavy atom. The zero-order valence-electron chi connectivity index (χ0n) is 20.4. The van der Waals surface area contributed by atoms with Gasteiger partial charge in [0.25, 0.3) is 0 Å². The number of hydrogen-bond donors (Lipinski definition) is 0. The molecule has 0 unspecified atom stereocenters. The lowest BCUT2D eigenvalue weighted by molar-refractivity contribution is -0.172. The average Bonchev–Trinajstić information content (AvgIpc) is 3.27. The highest BCUT2D eigenvalue weighted by molar-refractivity contribution is 6.01. The first-order chi connectivity index (χ1) is 16.7. The van der Waals surface area contributed by atoms with E-state index in [9.17, 15) is 19.2 Å². The third-order valence-corrected chi connectivity index (χ3v) is 7.01. The molecular weight excluding hydrogens is 452 g/mol. The predicted molar refractivity (Wildman–Crippen MR) is 125 cm³/mol. The summed E-state index contributed by atoms with van der Waals surface area (Å²) in [5.41, 5.74) is 0.0215. The van der Waals surface area contributed by atoms with Crippen molar-refractivity contribution >= 4 is 23.9 Å². The standard InChI is InChI=1S/C27H32O8/c1-6-33-25(30)27(26(31)34-7-2)13-19-16(3)17(4)21(22(20(19)14-27)23(28)32-5)24(29)35-15-18-11-9-8-10-12-18/h8-12,19-22H,3-4,6-7,13-15H2,1-2,5H3/t19-,20+,21+,22-/m0/s1. The molecule has 0 aliphatic heterocycles. The highest BCUT2D eigenvalue weighted by Gasteiger charge is 2.64. The van der Waals surface area contributed by atoms with Gasteiger partial charge in [-0.15, -0.1) is 0 Å². The van der Waals surface area contributed by atoms with Crippen LogP contribution in [0, 0.1) is 29.1 Å². The SMILES string of the molecule is C=C1C(=C)[C@@H]2CC(C(=O)OCC)(C(=O)OCC)C[C@H]2[C@H](C(=O)OC)[C@@H]1C(=O)OCc1ccccc1. The van der Waals surface area contributed by atoms with Crippen LogP contribution in [0.2, 0.25) is 0 Å². The smallest absolute Gasteiger partial charge is 0.323 e. The molecule has 0 spiro atoms. The van der Waals surface area contributed by atoms with Gasteiger partial charge in [0.15, 0.2) is 5.41 Å². The molecule has 1 aromatic rings. The van der Waals surface area contributed by atoms with Crippen molar-refractivity contribution in [1.29, 1.82) is 0 Å². The summed E-state index contributed by atoms with van der Waals surface area (Å²) in [6.45, 7) is 11.7. The van der Waals surface area contributed by atoms with Crippen LogP contribution in [0.25, 0.3) is 0 Å². The van der Waals surface area contributed by atoms with Crippen molar-refractivity contribution in [3.05, 3.63) is 60.2 Å². The maximum absolute atomic E-state index is 13.3. The van der Waals surface area contributed by atoms with Crippen LogP contribution in [0.15, 0.2) is 54.6 Å². The van der Waals surface area contributed by atoms with Crippen molar-refractivity contribution in [1.82, 2.24) is 0 Å². The third kappa shape index (κ3) is 4.88. The molecule has 2 aliphatic carbocycles. The Bertz CT molecular complexity index is 993. The van der Waals surface area contributed by atoms with Gasteiger partial charge in [-0.2, -0.15) is 0 Å². The number of rotatable bonds is 8. The maximum atomic E-state index is 13.3. The fourth-order valence-corrected chi connectivity index (χ4v) is 5.32. The summed E-state index contributed by atoms with van der Waals surface area (Å²) in [5.74, 6) is -5.81. The second-order valence-electron chi connectivity index (χ2n) is 8.87. The van der Waals surface area contributed by atoms with Gasteiger partial charge in [-0.05, 0) is 55.2 Å². The minimum atomic E-state index is -1.61. The number of methoxy groups -OCH3 is 1. The van der Waals surface area contributed by atoms with Crippen molar-refractivity contribution in [2.45, 2.75) is 33.3 Å². The van der Waals surface area contributed by atoms with Crippen LogP contribution >= 0.6 is 0 Å². The van der Waals surface area contributed by atoms with Crippen molar-refractivity contribution in [2.75, 3.05) is 20.3 Å². The number of allylic oxidation sites excluding steroid dienone is 1. The molecule has 0 bridgehead atoms. The summed E-state index contributed by atoms with van der Waals surface area (Å²) in [7, 11) is 1.23. The van der Waals surface area contributed by atoms with Gasteiger partial charge in [0.1, 0.15) is 6.61 Å². The largest absolute Gasteiger partial charge is 0.469 e. The first-order valence-electron chi connectivity index (χ1n) is 11.7. The monoisotopic (exact) mass is 484 g/mol. The van der Waals surface area contributed by atoms with Crippen LogP contribution in [-0.4, -0.2) is 44.2 Å². The molecule has 2 fully saturated rings. The molecule has 4 atom stereocenters. The quantitative estimate of drug-likeness (QED) is 0.314. The normalized spacial score (nSPS) is 24.8. The summed E-state index contributed by atoms with van der Waals surface area (Å²) < 4.78 is 21.1. The molecule has 0 saturated heterocycles. The Morgan fingerprint density at radius 3 is 2.03 bits per heavy atom. The fourth-order valence-electron chi connectivity index (χ4n) is 5.32. The summed E-state index contributed by atoms with van der Waals surface area (Å²) in [6.07, 6.45) is 0.0102. The van der Waals surface area contributed by atoms with Gasteiger partial charge in [-0.3, -0.25) is 19.2 Å². The molecule has 188 valence electrons. The second-order valence-corrected chi connectivity index (χ2v) is 8.87. The Kier molecular flexibility index (Phi) is 8.14. The van der Waals surface area contributed by atoms with Gasteiger partial charge in [-0.1, -0.05) is 43.5 Å². The zero-order chi connectivity index (χ0) is 25.8. The molecule has 8 nitrogen and oxygen atoms in total. The summed E-state index contributed by atoms with van der Waals surface area (Å²) in [6, 6.07) is 9.15. The predicted octanol–water partition coefficient (Wildman–Crippen LogP) is 3.40. The number of benzene rings is 1. The number of fused-ring (bicyclic) bond motifs is 1. The highest BCUT2D eigenvalue weighted by atomic mass is 16.6. The van der Waals surface area contributed by atoms with Gasteiger partial charge in [0.05, 0.1) is 32.2 Å². The minimum absolute atomic E-state index is 0.0213. The molecule has 2 saturated carbocycles. The fraction of sp³-hybridized carbons (Fsp3) is 0.481. The van der Waals surface area contributed by atoms with Gasteiger partial charge in [0.2, 0.25) is 0 Å². The Morgan fingerprint density at radius 2 is 1.49 bits per heavy atom. The minimum Gasteiger partial charge on any atom is -0.469 e. The van der Waals surface area contributed by atoms with E-state index in [0.29, 0.717) is 11.1 Å². The van der Waals surface area contributed by atoms with Crippen LogP contribution < -0.4 is 0 Å². The van der Waals surface area contributed by atoms with E-state index in [1.54, 1.807) is 13.8 Å². The first kappa shape index (κ1) is 26.2. The van der Waals surface area contributed by atoms with E-state index in [0.717, 1.165) is 5.56 Å². The summed E-state index contributed by atoms with van der Waals surface area (Å²) in [5, 5.41) is 0. The molecule has 3 rings (SSSR count). The molecule has 0 aromatic heterocycles. The van der Waals surface area contributed by atoms with E-state index >= 15 is 0 Å². The Labute approximate surface area is 205 Å². The molecule has 0 radical (unpaired) electrons. The molecular formula is C27H32O8. The van der Waals surface area contributed by atoms with Crippen molar-refractivity contribution in [2.24, 2.45) is 29.1 Å². The molecule has 2 aliphatic rings. The zero-order valence-corrected chi connectivity index (χ0v) is 20.4. The van der Waals surface area contributed by atoms with Crippen LogP contribution in [0.1, 0.15) is 32.3 Å². The lowest BCUT2D eigenvalue weighted by Gasteiger charge is -2.39. The summed E-state index contributed by atoms with van der Waals surface area (Å²) in [4.78, 5) is 52.4. The van der Waals surface area contributed by atoms with E-state index in [2.05, 4.69) is 13.2 Å². The maximum Gasteiger partial charge on any atom is 0.323 e. The van der Waals surface area contributed by atoms with Crippen LogP contribution in [0.3, 0.4) is 0 Å². The van der Waals surface area contributed by atoms with Gasteiger partial charge in [0, 0.05) is 0 Å². The lowest BCUT2D eigenvalue weighted by Crippen LogP contribution is -2.44. The van der Waals surface area contributed by atoms with E-state index in [1.807, 2.05) is 30.3 Å². The lowest BCUT2D eigenvalue weighted by atomic mass is 9.64.